The molecule has 0 radical (unpaired) electrons. The Kier molecular flexibility index (Phi) is 4.34. The van der Waals surface area contributed by atoms with Crippen molar-refractivity contribution in [3.8, 4) is 0 Å². The van der Waals surface area contributed by atoms with E-state index >= 15 is 0 Å². The molecule has 0 heterocycles. The lowest BCUT2D eigenvalue weighted by Gasteiger charge is -2.23. The molecule has 2 aromatic carbocycles. The first kappa shape index (κ1) is 13.1. The summed E-state index contributed by atoms with van der Waals surface area (Å²) in [4.78, 5) is 0. The SMILES string of the molecule is CCC(N)C(CCO)c1ccc2ccccc2c1. The molecule has 0 amide bonds. The summed E-state index contributed by atoms with van der Waals surface area (Å²) < 4.78 is 0. The third-order valence-corrected chi connectivity index (χ3v) is 3.63. The van der Waals surface area contributed by atoms with Crippen molar-refractivity contribution in [1.82, 2.24) is 0 Å². The minimum absolute atomic E-state index is 0.110. The smallest absolute Gasteiger partial charge is 0.0437 e. The van der Waals surface area contributed by atoms with Gasteiger partial charge in [-0.05, 0) is 29.2 Å². The molecule has 2 heteroatoms. The van der Waals surface area contributed by atoms with Crippen molar-refractivity contribution in [3.05, 3.63) is 48.0 Å². The maximum Gasteiger partial charge on any atom is 0.0437 e. The van der Waals surface area contributed by atoms with Crippen LogP contribution in [0.2, 0.25) is 0 Å². The lowest BCUT2D eigenvalue weighted by molar-refractivity contribution is 0.266. The number of aliphatic hydroxyl groups is 1. The van der Waals surface area contributed by atoms with Crippen molar-refractivity contribution in [2.24, 2.45) is 5.73 Å². The number of hydrogen-bond acceptors (Lipinski definition) is 2. The number of benzene rings is 2. The number of aliphatic hydroxyl groups excluding tert-OH is 1. The quantitative estimate of drug-likeness (QED) is 0.848. The van der Waals surface area contributed by atoms with Gasteiger partial charge in [-0.15, -0.1) is 0 Å². The highest BCUT2D eigenvalue weighted by Crippen LogP contribution is 2.27. The zero-order valence-corrected chi connectivity index (χ0v) is 10.8. The van der Waals surface area contributed by atoms with Gasteiger partial charge in [0.25, 0.3) is 0 Å². The van der Waals surface area contributed by atoms with Gasteiger partial charge in [-0.2, -0.15) is 0 Å². The topological polar surface area (TPSA) is 46.2 Å². The molecule has 2 aromatic rings. The lowest BCUT2D eigenvalue weighted by Crippen LogP contribution is -2.28. The molecule has 0 saturated heterocycles. The summed E-state index contributed by atoms with van der Waals surface area (Å²) >= 11 is 0. The average molecular weight is 243 g/mol. The Bertz CT molecular complexity index is 509. The van der Waals surface area contributed by atoms with Crippen LogP contribution in [0.25, 0.3) is 10.8 Å². The highest BCUT2D eigenvalue weighted by atomic mass is 16.3. The Morgan fingerprint density at radius 3 is 2.50 bits per heavy atom. The monoisotopic (exact) mass is 243 g/mol. The Labute approximate surface area is 108 Å². The van der Waals surface area contributed by atoms with Gasteiger partial charge in [0.2, 0.25) is 0 Å². The summed E-state index contributed by atoms with van der Waals surface area (Å²) in [5.74, 6) is 0.240. The average Bonchev–Trinajstić information content (AvgIpc) is 2.43. The first-order valence-corrected chi connectivity index (χ1v) is 6.61. The van der Waals surface area contributed by atoms with E-state index in [1.54, 1.807) is 0 Å². The van der Waals surface area contributed by atoms with Gasteiger partial charge in [-0.3, -0.25) is 0 Å². The van der Waals surface area contributed by atoms with Crippen LogP contribution in [0.5, 0.6) is 0 Å². The van der Waals surface area contributed by atoms with E-state index in [4.69, 9.17) is 5.73 Å². The zero-order valence-electron chi connectivity index (χ0n) is 10.8. The zero-order chi connectivity index (χ0) is 13.0. The maximum atomic E-state index is 9.20. The molecule has 0 aliphatic heterocycles. The Balaban J connectivity index is 2.37. The fourth-order valence-corrected chi connectivity index (χ4v) is 2.49. The normalized spacial score (nSPS) is 14.6. The first-order valence-electron chi connectivity index (χ1n) is 6.61. The molecule has 96 valence electrons. The molecule has 0 aliphatic rings. The summed E-state index contributed by atoms with van der Waals surface area (Å²) in [6.07, 6.45) is 1.66. The van der Waals surface area contributed by atoms with Crippen molar-refractivity contribution in [2.75, 3.05) is 6.61 Å². The third-order valence-electron chi connectivity index (χ3n) is 3.63. The van der Waals surface area contributed by atoms with Gasteiger partial charge in [0.1, 0.15) is 0 Å². The molecule has 0 fully saturated rings. The van der Waals surface area contributed by atoms with Crippen molar-refractivity contribution >= 4 is 10.8 Å². The van der Waals surface area contributed by atoms with Crippen LogP contribution in [0.4, 0.5) is 0 Å². The van der Waals surface area contributed by atoms with Gasteiger partial charge in [0.05, 0.1) is 0 Å². The maximum absolute atomic E-state index is 9.20. The van der Waals surface area contributed by atoms with Gasteiger partial charge in [0.15, 0.2) is 0 Å². The Hall–Kier alpha value is -1.38. The molecule has 0 bridgehead atoms. The number of nitrogens with two attached hydrogens (primary N) is 1. The van der Waals surface area contributed by atoms with Crippen molar-refractivity contribution in [1.29, 1.82) is 0 Å². The largest absolute Gasteiger partial charge is 0.396 e. The molecule has 2 rings (SSSR count). The molecule has 2 unspecified atom stereocenters. The lowest BCUT2D eigenvalue weighted by atomic mass is 9.87. The van der Waals surface area contributed by atoms with Crippen LogP contribution in [-0.2, 0) is 0 Å². The fraction of sp³-hybridized carbons (Fsp3) is 0.375. The van der Waals surface area contributed by atoms with Gasteiger partial charge < -0.3 is 10.8 Å². The van der Waals surface area contributed by atoms with E-state index in [-0.39, 0.29) is 18.6 Å². The fourth-order valence-electron chi connectivity index (χ4n) is 2.49. The predicted octanol–water partition coefficient (Wildman–Crippen LogP) is 3.04. The summed E-state index contributed by atoms with van der Waals surface area (Å²) in [5, 5.41) is 11.7. The molecule has 2 atom stereocenters. The Morgan fingerprint density at radius 2 is 1.83 bits per heavy atom. The molecule has 3 N–H and O–H groups in total. The minimum Gasteiger partial charge on any atom is -0.396 e. The van der Waals surface area contributed by atoms with Crippen LogP contribution >= 0.6 is 0 Å². The van der Waals surface area contributed by atoms with Crippen molar-refractivity contribution in [2.45, 2.75) is 31.7 Å². The summed E-state index contributed by atoms with van der Waals surface area (Å²) in [5.41, 5.74) is 7.40. The second kappa shape index (κ2) is 5.98. The molecule has 0 aliphatic carbocycles. The van der Waals surface area contributed by atoms with Crippen LogP contribution in [0.3, 0.4) is 0 Å². The first-order chi connectivity index (χ1) is 8.76. The second-order valence-electron chi connectivity index (χ2n) is 4.80. The van der Waals surface area contributed by atoms with Crippen molar-refractivity contribution in [3.63, 3.8) is 0 Å². The van der Waals surface area contributed by atoms with E-state index in [0.29, 0.717) is 0 Å². The minimum atomic E-state index is 0.110. The number of hydrogen-bond donors (Lipinski definition) is 2. The number of rotatable bonds is 5. The van der Waals surface area contributed by atoms with E-state index in [1.807, 2.05) is 12.1 Å². The second-order valence-corrected chi connectivity index (χ2v) is 4.80. The highest BCUT2D eigenvalue weighted by molar-refractivity contribution is 5.83. The molecule has 0 saturated carbocycles. The molecule has 18 heavy (non-hydrogen) atoms. The standard InChI is InChI=1S/C16H21NO/c1-2-16(17)15(9-10-18)14-8-7-12-5-3-4-6-13(12)11-14/h3-8,11,15-16,18H,2,9-10,17H2,1H3. The van der Waals surface area contributed by atoms with Crippen LogP contribution in [0, 0.1) is 0 Å². The van der Waals surface area contributed by atoms with Crippen LogP contribution in [0.15, 0.2) is 42.5 Å². The highest BCUT2D eigenvalue weighted by Gasteiger charge is 2.18. The number of fused-ring (bicyclic) bond motifs is 1. The predicted molar refractivity (Wildman–Crippen MR) is 76.7 cm³/mol. The summed E-state index contributed by atoms with van der Waals surface area (Å²) in [6, 6.07) is 14.9. The molecular formula is C16H21NO. The van der Waals surface area contributed by atoms with Gasteiger partial charge in [0, 0.05) is 18.6 Å². The van der Waals surface area contributed by atoms with Crippen LogP contribution < -0.4 is 5.73 Å². The van der Waals surface area contributed by atoms with Crippen LogP contribution in [0.1, 0.15) is 31.2 Å². The van der Waals surface area contributed by atoms with Crippen LogP contribution in [-0.4, -0.2) is 17.8 Å². The molecule has 0 spiro atoms. The van der Waals surface area contributed by atoms with Gasteiger partial charge in [-0.25, -0.2) is 0 Å². The van der Waals surface area contributed by atoms with Gasteiger partial charge in [-0.1, -0.05) is 49.4 Å². The van der Waals surface area contributed by atoms with Crippen molar-refractivity contribution < 1.29 is 5.11 Å². The van der Waals surface area contributed by atoms with E-state index in [9.17, 15) is 5.11 Å². The third kappa shape index (κ3) is 2.71. The molecule has 0 aromatic heterocycles. The van der Waals surface area contributed by atoms with E-state index in [2.05, 4.69) is 37.3 Å². The Morgan fingerprint density at radius 1 is 1.11 bits per heavy atom. The molecular weight excluding hydrogens is 222 g/mol. The van der Waals surface area contributed by atoms with Gasteiger partial charge >= 0.3 is 0 Å². The summed E-state index contributed by atoms with van der Waals surface area (Å²) in [7, 11) is 0. The van der Waals surface area contributed by atoms with E-state index < -0.39 is 0 Å². The molecule has 2 nitrogen and oxygen atoms in total. The van der Waals surface area contributed by atoms with E-state index in [0.717, 1.165) is 12.8 Å². The summed E-state index contributed by atoms with van der Waals surface area (Å²) in [6.45, 7) is 2.28. The van der Waals surface area contributed by atoms with E-state index in [1.165, 1.54) is 16.3 Å².